The zero-order valence-corrected chi connectivity index (χ0v) is 24.4. The van der Waals surface area contributed by atoms with Gasteiger partial charge in [-0.25, -0.2) is 14.8 Å². The number of carbonyl (C=O) groups is 3. The van der Waals surface area contributed by atoms with Gasteiger partial charge in [-0.1, -0.05) is 0 Å². The number of pyridine rings is 1. The Kier molecular flexibility index (Phi) is 7.25. The number of piperidine rings is 1. The Morgan fingerprint density at radius 2 is 1.77 bits per heavy atom. The molecule has 0 radical (unpaired) electrons. The minimum atomic E-state index is -0.595. The predicted octanol–water partition coefficient (Wildman–Crippen LogP) is 4.41. The van der Waals surface area contributed by atoms with Gasteiger partial charge in [-0.15, -0.1) is 0 Å². The Bertz CT molecular complexity index is 1380. The summed E-state index contributed by atoms with van der Waals surface area (Å²) in [4.78, 5) is 44.4. The van der Waals surface area contributed by atoms with Gasteiger partial charge < -0.3 is 14.8 Å². The first-order valence-corrected chi connectivity index (χ1v) is 14.1. The molecule has 9 nitrogen and oxygen atoms in total. The van der Waals surface area contributed by atoms with Gasteiger partial charge in [0.15, 0.2) is 12.4 Å². The fraction of sp³-hybridized carbons (Fsp3) is 0.548. The van der Waals surface area contributed by atoms with Gasteiger partial charge in [0.25, 0.3) is 5.91 Å². The van der Waals surface area contributed by atoms with Gasteiger partial charge in [0.05, 0.1) is 11.1 Å². The number of hydrogen-bond acceptors (Lipinski definition) is 8. The van der Waals surface area contributed by atoms with Gasteiger partial charge in [0.2, 0.25) is 0 Å². The fourth-order valence-corrected chi connectivity index (χ4v) is 6.00. The van der Waals surface area contributed by atoms with E-state index in [9.17, 15) is 14.4 Å². The maximum Gasteiger partial charge on any atom is 0.344 e. The van der Waals surface area contributed by atoms with E-state index in [0.29, 0.717) is 40.9 Å². The Morgan fingerprint density at radius 3 is 2.45 bits per heavy atom. The number of hydrogen-bond donors (Lipinski definition) is 1. The highest BCUT2D eigenvalue weighted by Crippen LogP contribution is 2.48. The summed E-state index contributed by atoms with van der Waals surface area (Å²) in [6.07, 6.45) is 4.84. The average Bonchev–Trinajstić information content (AvgIpc) is 3.26. The highest BCUT2D eigenvalue weighted by atomic mass is 16.6. The number of ketones is 1. The quantitative estimate of drug-likeness (QED) is 0.561. The van der Waals surface area contributed by atoms with Crippen LogP contribution in [0.2, 0.25) is 0 Å². The molecule has 1 N–H and O–H groups in total. The van der Waals surface area contributed by atoms with Crippen molar-refractivity contribution in [3.05, 3.63) is 47.3 Å². The van der Waals surface area contributed by atoms with E-state index in [1.807, 2.05) is 5.01 Å². The van der Waals surface area contributed by atoms with E-state index in [2.05, 4.69) is 31.1 Å². The van der Waals surface area contributed by atoms with Crippen molar-refractivity contribution in [1.82, 2.24) is 20.3 Å². The third-order valence-corrected chi connectivity index (χ3v) is 7.82. The summed E-state index contributed by atoms with van der Waals surface area (Å²) in [6, 6.07) is 7.05. The highest BCUT2D eigenvalue weighted by molar-refractivity contribution is 6.06. The second-order valence-electron chi connectivity index (χ2n) is 13.3. The molecule has 1 aromatic carbocycles. The van der Waals surface area contributed by atoms with Gasteiger partial charge >= 0.3 is 5.97 Å². The number of allylic oxidation sites excluding steroid dienone is 1. The van der Waals surface area contributed by atoms with Crippen LogP contribution in [-0.2, 0) is 14.3 Å². The fourth-order valence-electron chi connectivity index (χ4n) is 6.00. The third kappa shape index (κ3) is 5.76. The lowest BCUT2D eigenvalue weighted by molar-refractivity contribution is -0.157. The first-order valence-electron chi connectivity index (χ1n) is 14.1. The summed E-state index contributed by atoms with van der Waals surface area (Å²) in [7, 11) is 0. The highest BCUT2D eigenvalue weighted by Gasteiger charge is 2.49. The minimum Gasteiger partial charge on any atom is -0.482 e. The average molecular weight is 549 g/mol. The number of nitrogens with one attached hydrogen (secondary N) is 1. The number of nitrogens with zero attached hydrogens (tertiary/aromatic N) is 3. The summed E-state index contributed by atoms with van der Waals surface area (Å²) in [6.45, 7) is 13.8. The molecule has 0 saturated carbocycles. The Labute approximate surface area is 235 Å². The minimum absolute atomic E-state index is 0.00993. The Hall–Kier alpha value is -3.30. The monoisotopic (exact) mass is 548 g/mol. The van der Waals surface area contributed by atoms with Crippen LogP contribution >= 0.6 is 0 Å². The van der Waals surface area contributed by atoms with Gasteiger partial charge in [0.1, 0.15) is 17.0 Å². The van der Waals surface area contributed by atoms with E-state index in [1.54, 1.807) is 56.2 Å². The van der Waals surface area contributed by atoms with Crippen LogP contribution in [0.1, 0.15) is 77.6 Å². The van der Waals surface area contributed by atoms with Crippen LogP contribution in [0, 0.1) is 5.41 Å². The van der Waals surface area contributed by atoms with E-state index in [0.717, 1.165) is 37.9 Å². The lowest BCUT2D eigenvalue weighted by Gasteiger charge is -2.41. The van der Waals surface area contributed by atoms with Crippen LogP contribution in [0.4, 0.5) is 0 Å². The maximum absolute atomic E-state index is 14.1. The van der Waals surface area contributed by atoms with Crippen LogP contribution in [0.15, 0.2) is 41.7 Å². The van der Waals surface area contributed by atoms with Gasteiger partial charge in [0, 0.05) is 30.1 Å². The molecular formula is C31H40N4O5. The molecule has 2 aromatic rings. The number of carbonyl (C=O) groups excluding carboxylic acids is 3. The van der Waals surface area contributed by atoms with Crippen molar-refractivity contribution >= 4 is 28.6 Å². The van der Waals surface area contributed by atoms with Crippen molar-refractivity contribution in [3.8, 4) is 5.75 Å². The lowest BCUT2D eigenvalue weighted by atomic mass is 9.67. The number of ether oxygens (including phenoxy) is 2. The SMILES string of the molecule is CC(C)(C)OC(=O)COc1ccc2ncc(C(=O)N3C4=C(CN3C(C)(C)C)CC3(CCNCC3)CC4=O)cc2c1. The van der Waals surface area contributed by atoms with E-state index in [1.165, 1.54) is 0 Å². The third-order valence-electron chi connectivity index (χ3n) is 7.82. The molecule has 1 aromatic heterocycles. The van der Waals surface area contributed by atoms with Crippen molar-refractivity contribution in [2.45, 2.75) is 78.4 Å². The Morgan fingerprint density at radius 1 is 1.05 bits per heavy atom. The van der Waals surface area contributed by atoms with Crippen molar-refractivity contribution in [2.75, 3.05) is 26.2 Å². The van der Waals surface area contributed by atoms with Gasteiger partial charge in [-0.3, -0.25) is 14.6 Å². The van der Waals surface area contributed by atoms with Crippen LogP contribution in [-0.4, -0.2) is 70.0 Å². The Balaban J connectivity index is 1.42. The second-order valence-corrected chi connectivity index (χ2v) is 13.3. The summed E-state index contributed by atoms with van der Waals surface area (Å²) in [5.41, 5.74) is 1.70. The molecule has 1 spiro atoms. The molecule has 1 saturated heterocycles. The molecule has 214 valence electrons. The predicted molar refractivity (Wildman–Crippen MR) is 152 cm³/mol. The molecular weight excluding hydrogens is 508 g/mol. The maximum atomic E-state index is 14.1. The molecule has 1 fully saturated rings. The number of hydrazine groups is 1. The van der Waals surface area contributed by atoms with E-state index < -0.39 is 11.6 Å². The van der Waals surface area contributed by atoms with Crippen LogP contribution in [0.3, 0.4) is 0 Å². The summed E-state index contributed by atoms with van der Waals surface area (Å²) >= 11 is 0. The molecule has 1 amide bonds. The molecule has 3 heterocycles. The van der Waals surface area contributed by atoms with Crippen LogP contribution in [0.25, 0.3) is 10.9 Å². The van der Waals surface area contributed by atoms with Crippen molar-refractivity contribution in [2.24, 2.45) is 5.41 Å². The lowest BCUT2D eigenvalue weighted by Crippen LogP contribution is -2.52. The summed E-state index contributed by atoms with van der Waals surface area (Å²) in [5.74, 6) is -0.209. The summed E-state index contributed by atoms with van der Waals surface area (Å²) < 4.78 is 11.0. The molecule has 0 bridgehead atoms. The molecule has 40 heavy (non-hydrogen) atoms. The summed E-state index contributed by atoms with van der Waals surface area (Å²) in [5, 5.41) is 7.74. The van der Waals surface area contributed by atoms with Crippen molar-refractivity contribution < 1.29 is 23.9 Å². The van der Waals surface area contributed by atoms with Crippen molar-refractivity contribution in [1.29, 1.82) is 0 Å². The molecule has 5 rings (SSSR count). The smallest absolute Gasteiger partial charge is 0.344 e. The number of amides is 1. The standard InChI is InChI=1S/C31H40N4O5/c1-29(2,3)34-18-22-15-31(9-11-32-12-10-31)16-25(36)27(22)35(34)28(38)21-13-20-14-23(7-8-24(20)33-17-21)39-19-26(37)40-30(4,5)6/h7-8,13-14,17,32H,9-12,15-16,18-19H2,1-6H3. The molecule has 1 aliphatic carbocycles. The normalized spacial score (nSPS) is 19.8. The number of Topliss-reactive ketones (excluding diaryl/α,β-unsaturated/α-hetero) is 1. The van der Waals surface area contributed by atoms with Gasteiger partial charge in [-0.05, 0) is 109 Å². The number of benzene rings is 1. The van der Waals surface area contributed by atoms with Gasteiger partial charge in [-0.2, -0.15) is 0 Å². The van der Waals surface area contributed by atoms with Crippen LogP contribution in [0.5, 0.6) is 5.75 Å². The molecule has 2 aliphatic heterocycles. The first kappa shape index (κ1) is 28.2. The topological polar surface area (TPSA) is 101 Å². The van der Waals surface area contributed by atoms with Crippen molar-refractivity contribution in [3.63, 3.8) is 0 Å². The van der Waals surface area contributed by atoms with E-state index >= 15 is 0 Å². The van der Waals surface area contributed by atoms with E-state index in [4.69, 9.17) is 9.47 Å². The number of fused-ring (bicyclic) bond motifs is 1. The number of aromatic nitrogens is 1. The number of rotatable bonds is 4. The molecule has 3 aliphatic rings. The largest absolute Gasteiger partial charge is 0.482 e. The number of esters is 1. The second kappa shape index (κ2) is 10.3. The molecule has 9 heteroatoms. The van der Waals surface area contributed by atoms with E-state index in [-0.39, 0.29) is 29.3 Å². The molecule has 0 atom stereocenters. The first-order chi connectivity index (χ1) is 18.7. The van der Waals surface area contributed by atoms with Crippen LogP contribution < -0.4 is 10.1 Å². The molecule has 0 unspecified atom stereocenters. The zero-order chi connectivity index (χ0) is 28.9. The zero-order valence-electron chi connectivity index (χ0n) is 24.4.